The summed E-state index contributed by atoms with van der Waals surface area (Å²) in [5.41, 5.74) is 1.55. The fourth-order valence-electron chi connectivity index (χ4n) is 2.33. The molecule has 148 valence electrons. The van der Waals surface area contributed by atoms with Gasteiger partial charge in [-0.05, 0) is 43.3 Å². The Kier molecular flexibility index (Phi) is 7.51. The molecule has 8 nitrogen and oxygen atoms in total. The molecule has 0 aliphatic rings. The molecular weight excluding hydrogens is 372 g/mol. The molecule has 2 amide bonds. The number of para-hydroxylation sites is 1. The second-order valence-corrected chi connectivity index (χ2v) is 5.79. The van der Waals surface area contributed by atoms with Gasteiger partial charge in [0.25, 0.3) is 5.91 Å². The highest BCUT2D eigenvalue weighted by Gasteiger charge is 2.13. The highest BCUT2D eigenvalue weighted by Crippen LogP contribution is 2.17. The number of ether oxygens (including phenoxy) is 1. The topological polar surface area (TPSA) is 120 Å². The van der Waals surface area contributed by atoms with E-state index in [1.807, 2.05) is 6.07 Å². The number of amides is 2. The lowest BCUT2D eigenvalue weighted by Crippen LogP contribution is -2.15. The Bertz CT molecular complexity index is 975. The first-order chi connectivity index (χ1) is 13.9. The third-order valence-corrected chi connectivity index (χ3v) is 3.62. The molecule has 0 spiro atoms. The van der Waals surface area contributed by atoms with Gasteiger partial charge in [-0.15, -0.1) is 0 Å². The van der Waals surface area contributed by atoms with Gasteiger partial charge in [0.05, 0.1) is 17.9 Å². The zero-order valence-electron chi connectivity index (χ0n) is 16.0. The van der Waals surface area contributed by atoms with E-state index >= 15 is 0 Å². The van der Waals surface area contributed by atoms with Crippen LogP contribution in [0.25, 0.3) is 0 Å². The third-order valence-electron chi connectivity index (χ3n) is 3.62. The Balaban J connectivity index is 2.10. The van der Waals surface area contributed by atoms with Gasteiger partial charge in [0, 0.05) is 24.5 Å². The van der Waals surface area contributed by atoms with E-state index in [0.29, 0.717) is 17.1 Å². The van der Waals surface area contributed by atoms with Crippen LogP contribution in [-0.2, 0) is 14.3 Å². The second-order valence-electron chi connectivity index (χ2n) is 5.79. The summed E-state index contributed by atoms with van der Waals surface area (Å²) in [7, 11) is 0. The molecule has 0 radical (unpaired) electrons. The Labute approximate surface area is 168 Å². The van der Waals surface area contributed by atoms with Crippen molar-refractivity contribution in [3.63, 3.8) is 0 Å². The number of anilines is 3. The van der Waals surface area contributed by atoms with Crippen molar-refractivity contribution in [2.45, 2.75) is 13.8 Å². The summed E-state index contributed by atoms with van der Waals surface area (Å²) < 4.78 is 4.99. The first-order valence-electron chi connectivity index (χ1n) is 8.76. The number of benzene rings is 2. The number of carbonyl (C=O) groups excluding carboxylic acids is 3. The quantitative estimate of drug-likeness (QED) is 0.378. The minimum absolute atomic E-state index is 0.186. The molecule has 0 atom stereocenters. The van der Waals surface area contributed by atoms with Crippen LogP contribution >= 0.6 is 0 Å². The van der Waals surface area contributed by atoms with E-state index < -0.39 is 11.9 Å². The van der Waals surface area contributed by atoms with Gasteiger partial charge in [-0.25, -0.2) is 4.79 Å². The average Bonchev–Trinajstić information content (AvgIpc) is 2.70. The van der Waals surface area contributed by atoms with Crippen LogP contribution in [0.1, 0.15) is 24.2 Å². The fraction of sp³-hybridized carbons (Fsp3) is 0.143. The Morgan fingerprint density at radius 1 is 1.03 bits per heavy atom. The van der Waals surface area contributed by atoms with Crippen molar-refractivity contribution in [2.24, 2.45) is 0 Å². The molecule has 2 rings (SSSR count). The molecule has 0 aliphatic heterocycles. The maximum Gasteiger partial charge on any atom is 0.340 e. The van der Waals surface area contributed by atoms with E-state index in [1.54, 1.807) is 55.5 Å². The van der Waals surface area contributed by atoms with Gasteiger partial charge < -0.3 is 20.7 Å². The first-order valence-corrected chi connectivity index (χ1v) is 8.76. The van der Waals surface area contributed by atoms with Crippen molar-refractivity contribution >= 4 is 34.8 Å². The molecule has 2 aromatic rings. The van der Waals surface area contributed by atoms with Gasteiger partial charge in [0.1, 0.15) is 11.6 Å². The molecule has 0 unspecified atom stereocenters. The van der Waals surface area contributed by atoms with Gasteiger partial charge in [-0.3, -0.25) is 9.59 Å². The number of hydrogen-bond acceptors (Lipinski definition) is 6. The number of esters is 1. The Hall–Kier alpha value is -4.12. The standard InChI is InChI=1S/C21H20N4O4/c1-3-29-21(28)18-6-4-5-7-19(18)23-13-15(12-22)20(27)25-17-10-8-16(9-11-17)24-14(2)26/h4-11,13,23H,3H2,1-2H3,(H,24,26)(H,25,27)/b15-13-. The van der Waals surface area contributed by atoms with Gasteiger partial charge in [0.2, 0.25) is 5.91 Å². The molecule has 29 heavy (non-hydrogen) atoms. The molecule has 0 aliphatic carbocycles. The van der Waals surface area contributed by atoms with Gasteiger partial charge in [0.15, 0.2) is 0 Å². The second kappa shape index (κ2) is 10.3. The maximum absolute atomic E-state index is 12.3. The summed E-state index contributed by atoms with van der Waals surface area (Å²) in [6.45, 7) is 3.33. The summed E-state index contributed by atoms with van der Waals surface area (Å²) in [6, 6.07) is 14.9. The van der Waals surface area contributed by atoms with E-state index in [-0.39, 0.29) is 23.7 Å². The highest BCUT2D eigenvalue weighted by molar-refractivity contribution is 6.07. The predicted molar refractivity (Wildman–Crippen MR) is 109 cm³/mol. The van der Waals surface area contributed by atoms with Crippen LogP contribution in [-0.4, -0.2) is 24.4 Å². The number of nitrogens with zero attached hydrogens (tertiary/aromatic N) is 1. The minimum atomic E-state index is -0.624. The van der Waals surface area contributed by atoms with E-state index in [0.717, 1.165) is 0 Å². The molecule has 8 heteroatoms. The summed E-state index contributed by atoms with van der Waals surface area (Å²) in [5.74, 6) is -1.34. The molecule has 0 heterocycles. The molecular formula is C21H20N4O4. The molecule has 2 aromatic carbocycles. The lowest BCUT2D eigenvalue weighted by molar-refractivity contribution is -0.114. The molecule has 0 bridgehead atoms. The lowest BCUT2D eigenvalue weighted by atomic mass is 10.1. The fourth-order valence-corrected chi connectivity index (χ4v) is 2.33. The molecule has 0 saturated heterocycles. The van der Waals surface area contributed by atoms with Gasteiger partial charge in [-0.1, -0.05) is 12.1 Å². The Morgan fingerprint density at radius 3 is 2.24 bits per heavy atom. The highest BCUT2D eigenvalue weighted by atomic mass is 16.5. The van der Waals surface area contributed by atoms with E-state index in [1.165, 1.54) is 13.1 Å². The van der Waals surface area contributed by atoms with Crippen LogP contribution < -0.4 is 16.0 Å². The van der Waals surface area contributed by atoms with Gasteiger partial charge in [-0.2, -0.15) is 5.26 Å². The van der Waals surface area contributed by atoms with Crippen molar-refractivity contribution in [3.05, 3.63) is 65.9 Å². The van der Waals surface area contributed by atoms with E-state index in [9.17, 15) is 19.6 Å². The van der Waals surface area contributed by atoms with Crippen molar-refractivity contribution < 1.29 is 19.1 Å². The normalized spacial score (nSPS) is 10.4. The molecule has 0 fully saturated rings. The van der Waals surface area contributed by atoms with Crippen molar-refractivity contribution in [1.82, 2.24) is 0 Å². The van der Waals surface area contributed by atoms with E-state index in [4.69, 9.17) is 4.74 Å². The zero-order valence-corrected chi connectivity index (χ0v) is 16.0. The summed E-state index contributed by atoms with van der Waals surface area (Å²) in [4.78, 5) is 35.4. The minimum Gasteiger partial charge on any atom is -0.462 e. The van der Waals surface area contributed by atoms with Crippen LogP contribution in [0.5, 0.6) is 0 Å². The molecule has 0 saturated carbocycles. The van der Waals surface area contributed by atoms with Crippen LogP contribution in [0.4, 0.5) is 17.1 Å². The van der Waals surface area contributed by atoms with Crippen molar-refractivity contribution in [3.8, 4) is 6.07 Å². The first kappa shape index (κ1) is 21.2. The largest absolute Gasteiger partial charge is 0.462 e. The van der Waals surface area contributed by atoms with Crippen molar-refractivity contribution in [2.75, 3.05) is 22.6 Å². The van der Waals surface area contributed by atoms with Crippen LogP contribution in [0.3, 0.4) is 0 Å². The van der Waals surface area contributed by atoms with Crippen molar-refractivity contribution in [1.29, 1.82) is 5.26 Å². The number of rotatable bonds is 7. The summed E-state index contributed by atoms with van der Waals surface area (Å²) in [5, 5.41) is 17.3. The summed E-state index contributed by atoms with van der Waals surface area (Å²) in [6.07, 6.45) is 1.22. The van der Waals surface area contributed by atoms with Crippen LogP contribution in [0.15, 0.2) is 60.3 Å². The average molecular weight is 392 g/mol. The molecule has 3 N–H and O–H groups in total. The SMILES string of the molecule is CCOC(=O)c1ccccc1N/C=C(/C#N)C(=O)Nc1ccc(NC(C)=O)cc1. The Morgan fingerprint density at radius 2 is 1.66 bits per heavy atom. The van der Waals surface area contributed by atoms with Crippen LogP contribution in [0, 0.1) is 11.3 Å². The van der Waals surface area contributed by atoms with E-state index in [2.05, 4.69) is 16.0 Å². The number of carbonyl (C=O) groups is 3. The predicted octanol–water partition coefficient (Wildman–Crippen LogP) is 3.28. The van der Waals surface area contributed by atoms with Crippen LogP contribution in [0.2, 0.25) is 0 Å². The smallest absolute Gasteiger partial charge is 0.340 e. The van der Waals surface area contributed by atoms with Gasteiger partial charge >= 0.3 is 5.97 Å². The molecule has 0 aromatic heterocycles. The number of nitrogens with one attached hydrogen (secondary N) is 3. The number of hydrogen-bond donors (Lipinski definition) is 3. The maximum atomic E-state index is 12.3. The zero-order chi connectivity index (χ0) is 21.2. The summed E-state index contributed by atoms with van der Waals surface area (Å²) >= 11 is 0. The monoisotopic (exact) mass is 392 g/mol. The number of nitriles is 1. The lowest BCUT2D eigenvalue weighted by Gasteiger charge is -2.09. The third kappa shape index (κ3) is 6.22.